The fourth-order valence-electron chi connectivity index (χ4n) is 0.948. The Bertz CT molecular complexity index is 438. The van der Waals surface area contributed by atoms with E-state index in [1.165, 1.54) is 24.3 Å². The molecule has 6 heteroatoms. The van der Waals surface area contributed by atoms with Crippen molar-refractivity contribution in [3.63, 3.8) is 0 Å². The Hall–Kier alpha value is -2.37. The molecule has 0 radical (unpaired) electrons. The molecule has 0 saturated carbocycles. The van der Waals surface area contributed by atoms with Gasteiger partial charge in [-0.1, -0.05) is 12.1 Å². The fourth-order valence-corrected chi connectivity index (χ4v) is 0.948. The Morgan fingerprint density at radius 2 is 2.07 bits per heavy atom. The molecule has 1 aromatic rings. The number of carboxylic acid groups (broad SMARTS) is 1. The third-order valence-corrected chi connectivity index (χ3v) is 1.60. The van der Waals surface area contributed by atoms with Gasteiger partial charge < -0.3 is 10.2 Å². The zero-order valence-corrected chi connectivity index (χ0v) is 7.45. The fraction of sp³-hybridized carbons (Fsp3) is 0. The second kappa shape index (κ2) is 4.23. The van der Waals surface area contributed by atoms with Gasteiger partial charge >= 0.3 is 5.97 Å². The highest BCUT2D eigenvalue weighted by Gasteiger charge is 2.07. The zero-order valence-electron chi connectivity index (χ0n) is 7.45. The number of carboxylic acids is 1. The average Bonchev–Trinajstić information content (AvgIpc) is 2.18. The predicted molar refractivity (Wildman–Crippen MR) is 51.3 cm³/mol. The number of nitrogens with zero attached hydrogens (tertiary/aromatic N) is 1. The number of aliphatic hydroxyl groups is 1. The molecule has 0 aliphatic rings. The van der Waals surface area contributed by atoms with E-state index < -0.39 is 16.7 Å². The van der Waals surface area contributed by atoms with E-state index in [1.54, 1.807) is 0 Å². The van der Waals surface area contributed by atoms with Crippen molar-refractivity contribution in [3.05, 3.63) is 45.7 Å². The SMILES string of the molecule is O=C(O)/C(O)=C/c1cccc([N+](=O)[O-])c1. The van der Waals surface area contributed by atoms with Crippen LogP contribution in [0.15, 0.2) is 30.0 Å². The van der Waals surface area contributed by atoms with E-state index in [-0.39, 0.29) is 11.3 Å². The maximum atomic E-state index is 10.4. The molecule has 78 valence electrons. The van der Waals surface area contributed by atoms with Crippen molar-refractivity contribution in [3.8, 4) is 0 Å². The lowest BCUT2D eigenvalue weighted by molar-refractivity contribution is -0.384. The summed E-state index contributed by atoms with van der Waals surface area (Å²) in [4.78, 5) is 20.0. The van der Waals surface area contributed by atoms with Gasteiger partial charge in [-0.25, -0.2) is 4.79 Å². The minimum Gasteiger partial charge on any atom is -0.502 e. The second-order valence-corrected chi connectivity index (χ2v) is 2.69. The maximum Gasteiger partial charge on any atom is 0.370 e. The minimum atomic E-state index is -1.48. The van der Waals surface area contributed by atoms with Crippen LogP contribution in [0.2, 0.25) is 0 Å². The van der Waals surface area contributed by atoms with Crippen LogP contribution in [-0.2, 0) is 4.79 Å². The van der Waals surface area contributed by atoms with Gasteiger partial charge in [0.25, 0.3) is 5.69 Å². The quantitative estimate of drug-likeness (QED) is 0.340. The summed E-state index contributed by atoms with van der Waals surface area (Å²) >= 11 is 0. The summed E-state index contributed by atoms with van der Waals surface area (Å²) in [7, 11) is 0. The van der Waals surface area contributed by atoms with E-state index in [0.29, 0.717) is 0 Å². The second-order valence-electron chi connectivity index (χ2n) is 2.69. The van der Waals surface area contributed by atoms with Crippen molar-refractivity contribution in [1.29, 1.82) is 0 Å². The van der Waals surface area contributed by atoms with Crippen molar-refractivity contribution in [1.82, 2.24) is 0 Å². The van der Waals surface area contributed by atoms with E-state index >= 15 is 0 Å². The first-order valence-electron chi connectivity index (χ1n) is 3.89. The molecule has 6 nitrogen and oxygen atoms in total. The third kappa shape index (κ3) is 2.80. The van der Waals surface area contributed by atoms with Gasteiger partial charge in [-0.15, -0.1) is 0 Å². The summed E-state index contributed by atoms with van der Waals surface area (Å²) in [6, 6.07) is 5.29. The average molecular weight is 209 g/mol. The van der Waals surface area contributed by atoms with Crippen molar-refractivity contribution < 1.29 is 19.9 Å². The molecule has 1 rings (SSSR count). The van der Waals surface area contributed by atoms with E-state index in [0.717, 1.165) is 6.08 Å². The normalized spacial score (nSPS) is 11.1. The molecule has 0 aliphatic carbocycles. The highest BCUT2D eigenvalue weighted by Crippen LogP contribution is 2.15. The molecular formula is C9H7NO5. The van der Waals surface area contributed by atoms with Crippen LogP contribution in [0.3, 0.4) is 0 Å². The topological polar surface area (TPSA) is 101 Å². The molecular weight excluding hydrogens is 202 g/mol. The number of nitro groups is 1. The van der Waals surface area contributed by atoms with Crippen molar-refractivity contribution in [2.75, 3.05) is 0 Å². The monoisotopic (exact) mass is 209 g/mol. The number of hydrogen-bond donors (Lipinski definition) is 2. The van der Waals surface area contributed by atoms with Gasteiger partial charge in [0.2, 0.25) is 5.76 Å². The van der Waals surface area contributed by atoms with Crippen LogP contribution in [0.5, 0.6) is 0 Å². The number of aliphatic hydroxyl groups excluding tert-OH is 1. The lowest BCUT2D eigenvalue weighted by Gasteiger charge is -1.95. The zero-order chi connectivity index (χ0) is 11.4. The predicted octanol–water partition coefficient (Wildman–Crippen LogP) is 1.58. The number of hydrogen-bond acceptors (Lipinski definition) is 4. The molecule has 0 bridgehead atoms. The number of non-ortho nitro benzene ring substituents is 1. The molecule has 0 saturated heterocycles. The number of carbonyl (C=O) groups is 1. The van der Waals surface area contributed by atoms with Crippen LogP contribution in [0, 0.1) is 10.1 Å². The molecule has 1 aromatic carbocycles. The van der Waals surface area contributed by atoms with Gasteiger partial charge in [0.1, 0.15) is 0 Å². The Morgan fingerprint density at radius 1 is 1.40 bits per heavy atom. The summed E-state index contributed by atoms with van der Waals surface area (Å²) in [5.41, 5.74) is 0.0889. The smallest absolute Gasteiger partial charge is 0.370 e. The summed E-state index contributed by atoms with van der Waals surface area (Å²) < 4.78 is 0. The summed E-state index contributed by atoms with van der Waals surface area (Å²) in [5, 5.41) is 27.6. The molecule has 2 N–H and O–H groups in total. The summed E-state index contributed by atoms with van der Waals surface area (Å²) in [6.45, 7) is 0. The number of benzene rings is 1. The van der Waals surface area contributed by atoms with Gasteiger partial charge in [0.05, 0.1) is 4.92 Å². The van der Waals surface area contributed by atoms with Crippen LogP contribution in [0.1, 0.15) is 5.56 Å². The van der Waals surface area contributed by atoms with Crippen LogP contribution >= 0.6 is 0 Å². The molecule has 0 spiro atoms. The molecule has 0 aromatic heterocycles. The molecule has 0 heterocycles. The van der Waals surface area contributed by atoms with E-state index in [4.69, 9.17) is 10.2 Å². The maximum absolute atomic E-state index is 10.4. The van der Waals surface area contributed by atoms with Gasteiger partial charge in [-0.2, -0.15) is 0 Å². The van der Waals surface area contributed by atoms with Gasteiger partial charge in [-0.05, 0) is 11.6 Å². The molecule has 0 unspecified atom stereocenters. The van der Waals surface area contributed by atoms with Gasteiger partial charge in [0, 0.05) is 12.1 Å². The molecule has 0 atom stereocenters. The molecule has 0 amide bonds. The van der Waals surface area contributed by atoms with Crippen LogP contribution < -0.4 is 0 Å². The number of nitro benzene ring substituents is 1. The molecule has 0 fully saturated rings. The first kappa shape index (κ1) is 10.7. The van der Waals surface area contributed by atoms with Gasteiger partial charge in [0.15, 0.2) is 0 Å². The Kier molecular flexibility index (Phi) is 3.02. The van der Waals surface area contributed by atoms with E-state index in [9.17, 15) is 14.9 Å². The first-order valence-corrected chi connectivity index (χ1v) is 3.89. The highest BCUT2D eigenvalue weighted by atomic mass is 16.6. The van der Waals surface area contributed by atoms with Crippen molar-refractivity contribution in [2.45, 2.75) is 0 Å². The standard InChI is InChI=1S/C9H7NO5/c11-8(9(12)13)5-6-2-1-3-7(4-6)10(14)15/h1-5,11H,(H,12,13)/b8-5-. The van der Waals surface area contributed by atoms with Crippen LogP contribution in [0.4, 0.5) is 5.69 Å². The lowest BCUT2D eigenvalue weighted by Crippen LogP contribution is -1.98. The van der Waals surface area contributed by atoms with Crippen LogP contribution in [-0.4, -0.2) is 21.1 Å². The summed E-state index contributed by atoms with van der Waals surface area (Å²) in [5.74, 6) is -2.35. The Balaban J connectivity index is 3.06. The van der Waals surface area contributed by atoms with Crippen LogP contribution in [0.25, 0.3) is 6.08 Å². The number of aliphatic carboxylic acids is 1. The number of rotatable bonds is 3. The summed E-state index contributed by atoms with van der Waals surface area (Å²) in [6.07, 6.45) is 0.940. The molecule has 0 aliphatic heterocycles. The van der Waals surface area contributed by atoms with Crippen molar-refractivity contribution >= 4 is 17.7 Å². The highest BCUT2D eigenvalue weighted by molar-refractivity contribution is 5.89. The Morgan fingerprint density at radius 3 is 2.60 bits per heavy atom. The minimum absolute atomic E-state index is 0.165. The molecule has 15 heavy (non-hydrogen) atoms. The Labute approximate surface area is 84.2 Å². The first-order chi connectivity index (χ1) is 7.00. The van der Waals surface area contributed by atoms with Crippen molar-refractivity contribution in [2.24, 2.45) is 0 Å². The van der Waals surface area contributed by atoms with E-state index in [1.807, 2.05) is 0 Å². The largest absolute Gasteiger partial charge is 0.502 e. The van der Waals surface area contributed by atoms with Gasteiger partial charge in [-0.3, -0.25) is 10.1 Å². The van der Waals surface area contributed by atoms with E-state index in [2.05, 4.69) is 0 Å². The lowest BCUT2D eigenvalue weighted by atomic mass is 10.2. The third-order valence-electron chi connectivity index (χ3n) is 1.60.